The molecule has 10 nitrogen and oxygen atoms in total. The molecule has 38 heavy (non-hydrogen) atoms. The van der Waals surface area contributed by atoms with E-state index in [9.17, 15) is 18.4 Å². The maximum absolute atomic E-state index is 14.2. The van der Waals surface area contributed by atoms with E-state index in [0.29, 0.717) is 27.4 Å². The Labute approximate surface area is 217 Å². The van der Waals surface area contributed by atoms with Crippen molar-refractivity contribution in [3.63, 3.8) is 0 Å². The minimum atomic E-state index is -3.19. The number of para-hydroxylation sites is 1. The number of amides is 1. The number of rotatable bonds is 6. The highest BCUT2D eigenvalue weighted by Gasteiger charge is 2.46. The number of oxazole rings is 1. The van der Waals surface area contributed by atoms with Gasteiger partial charge in [-0.05, 0) is 42.5 Å². The first kappa shape index (κ1) is 23.8. The number of nitrogens with zero attached hydrogens (tertiary/aromatic N) is 4. The number of halogens is 3. The third-order valence-electron chi connectivity index (χ3n) is 5.99. The van der Waals surface area contributed by atoms with Gasteiger partial charge in [0.25, 0.3) is 11.8 Å². The average Bonchev–Trinajstić information content (AvgIpc) is 3.54. The van der Waals surface area contributed by atoms with Gasteiger partial charge in [-0.1, -0.05) is 17.7 Å². The van der Waals surface area contributed by atoms with Gasteiger partial charge in [-0.3, -0.25) is 14.9 Å². The van der Waals surface area contributed by atoms with Crippen LogP contribution >= 0.6 is 11.6 Å². The Kier molecular flexibility index (Phi) is 5.49. The lowest BCUT2D eigenvalue weighted by Crippen LogP contribution is -2.38. The van der Waals surface area contributed by atoms with Gasteiger partial charge >= 0.3 is 5.76 Å². The molecule has 2 N–H and O–H groups in total. The monoisotopic (exact) mass is 538 g/mol. The number of hydrogen-bond acceptors (Lipinski definition) is 7. The highest BCUT2D eigenvalue weighted by atomic mass is 35.5. The molecule has 192 valence electrons. The van der Waals surface area contributed by atoms with Crippen molar-refractivity contribution in [2.75, 3.05) is 6.54 Å². The molecule has 0 aliphatic carbocycles. The second kappa shape index (κ2) is 8.77. The summed E-state index contributed by atoms with van der Waals surface area (Å²) in [7, 11) is 0. The minimum absolute atomic E-state index is 0.0347. The first-order valence-corrected chi connectivity index (χ1v) is 11.7. The number of H-pyrrole nitrogens is 2. The Balaban J connectivity index is 1.44. The average molecular weight is 539 g/mol. The van der Waals surface area contributed by atoms with Crippen LogP contribution in [0.3, 0.4) is 0 Å². The van der Waals surface area contributed by atoms with E-state index in [1.807, 2.05) is 0 Å². The van der Waals surface area contributed by atoms with Gasteiger partial charge in [-0.15, -0.1) is 10.2 Å². The molecule has 0 bridgehead atoms. The summed E-state index contributed by atoms with van der Waals surface area (Å²) < 4.78 is 39.4. The molecule has 13 heteroatoms. The normalized spacial score (nSPS) is 15.3. The fourth-order valence-electron chi connectivity index (χ4n) is 4.49. The van der Waals surface area contributed by atoms with E-state index < -0.39 is 30.2 Å². The molecule has 2 aromatic carbocycles. The lowest BCUT2D eigenvalue weighted by atomic mass is 9.98. The zero-order valence-corrected chi connectivity index (χ0v) is 20.3. The Morgan fingerprint density at radius 3 is 2.61 bits per heavy atom. The van der Waals surface area contributed by atoms with Crippen molar-refractivity contribution in [3.05, 3.63) is 87.1 Å². The Morgan fingerprint density at radius 2 is 1.89 bits per heavy atom. The number of aromatic nitrogens is 5. The maximum Gasteiger partial charge on any atom is 0.417 e. The molecule has 0 spiro atoms. The zero-order chi connectivity index (χ0) is 26.6. The molecule has 3 aromatic heterocycles. The van der Waals surface area contributed by atoms with Crippen LogP contribution in [0.2, 0.25) is 5.02 Å². The van der Waals surface area contributed by atoms with Crippen molar-refractivity contribution in [2.45, 2.75) is 18.9 Å². The Morgan fingerprint density at radius 1 is 1.11 bits per heavy atom. The zero-order valence-electron chi connectivity index (χ0n) is 19.5. The van der Waals surface area contributed by atoms with Gasteiger partial charge in [-0.25, -0.2) is 13.6 Å². The lowest BCUT2D eigenvalue weighted by Gasteiger charge is -2.27. The Bertz CT molecular complexity index is 1720. The van der Waals surface area contributed by atoms with Crippen LogP contribution in [-0.2, 0) is 0 Å². The van der Waals surface area contributed by atoms with E-state index in [-0.39, 0.29) is 28.5 Å². The predicted octanol–water partition coefficient (Wildman–Crippen LogP) is 4.95. The van der Waals surface area contributed by atoms with Gasteiger partial charge in [0.05, 0.1) is 17.8 Å². The van der Waals surface area contributed by atoms with E-state index in [1.165, 1.54) is 6.07 Å². The van der Waals surface area contributed by atoms with Gasteiger partial charge in [0.1, 0.15) is 23.2 Å². The summed E-state index contributed by atoms with van der Waals surface area (Å²) in [5.41, 5.74) is 1.87. The molecule has 0 saturated carbocycles. The maximum atomic E-state index is 14.2. The number of carbonyl (C=O) groups is 1. The molecule has 0 saturated heterocycles. The van der Waals surface area contributed by atoms with Crippen molar-refractivity contribution >= 4 is 28.6 Å². The van der Waals surface area contributed by atoms with Crippen LogP contribution in [0.4, 0.5) is 8.78 Å². The van der Waals surface area contributed by atoms with E-state index >= 15 is 0 Å². The van der Waals surface area contributed by atoms with Crippen LogP contribution in [0, 0.1) is 0 Å². The fraction of sp³-hybridized carbons (Fsp3) is 0.160. The summed E-state index contributed by atoms with van der Waals surface area (Å²) in [5, 5.41) is 15.8. The molecule has 0 radical (unpaired) electrons. The number of fused-ring (bicyclic) bond motifs is 2. The number of alkyl halides is 2. The molecule has 1 atom stereocenters. The van der Waals surface area contributed by atoms with Gasteiger partial charge in [0.15, 0.2) is 5.58 Å². The van der Waals surface area contributed by atoms with Crippen LogP contribution in [0.25, 0.3) is 22.4 Å². The molecule has 4 heterocycles. The van der Waals surface area contributed by atoms with Gasteiger partial charge in [0.2, 0.25) is 5.88 Å². The largest absolute Gasteiger partial charge is 0.438 e. The number of ether oxygens (including phenoxy) is 1. The molecule has 0 fully saturated rings. The van der Waals surface area contributed by atoms with E-state index in [2.05, 4.69) is 25.4 Å². The molecular formula is C25H17ClF2N6O4. The van der Waals surface area contributed by atoms with Gasteiger partial charge in [-0.2, -0.15) is 5.10 Å². The van der Waals surface area contributed by atoms with Crippen molar-refractivity contribution in [1.82, 2.24) is 30.3 Å². The molecule has 6 rings (SSSR count). The summed E-state index contributed by atoms with van der Waals surface area (Å²) in [4.78, 5) is 28.7. The standard InChI is InChI=1S/C25H17ClF2N6O4/c1-25(27,28)11-34-21(15-9-10-17(31-30-15)37-13-7-5-12(26)6-8-13)18-19(32-33-20(18)23(34)35)14-3-2-4-16-22(14)38-24(36)29-16/h2-10,21H,11H2,1H3,(H,29,36)(H,32,33). The molecule has 5 aromatic rings. The van der Waals surface area contributed by atoms with E-state index in [0.717, 1.165) is 11.8 Å². The summed E-state index contributed by atoms with van der Waals surface area (Å²) in [6.07, 6.45) is 0. The summed E-state index contributed by atoms with van der Waals surface area (Å²) in [6.45, 7) is -0.139. The molecule has 1 aliphatic heterocycles. The van der Waals surface area contributed by atoms with Crippen molar-refractivity contribution in [1.29, 1.82) is 0 Å². The van der Waals surface area contributed by atoms with Gasteiger partial charge < -0.3 is 14.1 Å². The van der Waals surface area contributed by atoms with Crippen molar-refractivity contribution in [2.24, 2.45) is 0 Å². The van der Waals surface area contributed by atoms with Crippen LogP contribution in [-0.4, -0.2) is 48.7 Å². The SMILES string of the molecule is CC(F)(F)CN1C(=O)c2[nH]nc(-c3cccc4[nH]c(=O)oc34)c2C1c1ccc(Oc2ccc(Cl)cc2)nn1. The van der Waals surface area contributed by atoms with Crippen LogP contribution < -0.4 is 10.5 Å². The van der Waals surface area contributed by atoms with Crippen molar-refractivity contribution < 1.29 is 22.7 Å². The Hall–Kier alpha value is -4.58. The summed E-state index contributed by atoms with van der Waals surface area (Å²) >= 11 is 5.90. The highest BCUT2D eigenvalue weighted by Crippen LogP contribution is 2.44. The van der Waals surface area contributed by atoms with Crippen molar-refractivity contribution in [3.8, 4) is 22.9 Å². The number of hydrogen-bond donors (Lipinski definition) is 2. The number of carbonyl (C=O) groups excluding carboxylic acids is 1. The predicted molar refractivity (Wildman–Crippen MR) is 131 cm³/mol. The van der Waals surface area contributed by atoms with Crippen LogP contribution in [0.1, 0.15) is 34.7 Å². The lowest BCUT2D eigenvalue weighted by molar-refractivity contribution is -0.0151. The summed E-state index contributed by atoms with van der Waals surface area (Å²) in [5.74, 6) is -3.90. The second-order valence-electron chi connectivity index (χ2n) is 8.82. The van der Waals surface area contributed by atoms with E-state index in [4.69, 9.17) is 20.8 Å². The van der Waals surface area contributed by atoms with E-state index in [1.54, 1.807) is 48.5 Å². The smallest absolute Gasteiger partial charge is 0.417 e. The molecular weight excluding hydrogens is 522 g/mol. The highest BCUT2D eigenvalue weighted by molar-refractivity contribution is 6.30. The first-order chi connectivity index (χ1) is 18.2. The van der Waals surface area contributed by atoms with Gasteiger partial charge in [0, 0.05) is 29.1 Å². The summed E-state index contributed by atoms with van der Waals surface area (Å²) in [6, 6.07) is 13.6. The first-order valence-electron chi connectivity index (χ1n) is 11.3. The number of benzene rings is 2. The minimum Gasteiger partial charge on any atom is -0.438 e. The van der Waals surface area contributed by atoms with Crippen LogP contribution in [0.15, 0.2) is 63.8 Å². The van der Waals surface area contributed by atoms with Crippen LogP contribution in [0.5, 0.6) is 11.6 Å². The third kappa shape index (κ3) is 4.18. The molecule has 1 unspecified atom stereocenters. The fourth-order valence-corrected chi connectivity index (χ4v) is 4.61. The number of nitrogens with one attached hydrogen (secondary N) is 2. The third-order valence-corrected chi connectivity index (χ3v) is 6.24. The second-order valence-corrected chi connectivity index (χ2v) is 9.25. The quantitative estimate of drug-likeness (QED) is 0.313. The molecule has 1 amide bonds. The number of aromatic amines is 2. The topological polar surface area (TPSA) is 130 Å². The molecule has 1 aliphatic rings.